The Kier molecular flexibility index (Phi) is 3.29. The van der Waals surface area contributed by atoms with E-state index in [-0.39, 0.29) is 17.9 Å². The Hall–Kier alpha value is -0.830. The van der Waals surface area contributed by atoms with Crippen LogP contribution in [0.3, 0.4) is 0 Å². The second-order valence-electron chi connectivity index (χ2n) is 3.20. The molecular formula is C9H16N2O. The van der Waals surface area contributed by atoms with Crippen LogP contribution in [-0.2, 0) is 4.79 Å². The summed E-state index contributed by atoms with van der Waals surface area (Å²) in [6.07, 6.45) is 5.57. The van der Waals surface area contributed by atoms with E-state index in [4.69, 9.17) is 5.73 Å². The van der Waals surface area contributed by atoms with E-state index < -0.39 is 0 Å². The van der Waals surface area contributed by atoms with Crippen LogP contribution in [0.5, 0.6) is 0 Å². The summed E-state index contributed by atoms with van der Waals surface area (Å²) in [5.74, 6) is 0.297. The molecule has 0 aromatic rings. The number of rotatable bonds is 3. The molecule has 0 aromatic carbocycles. The van der Waals surface area contributed by atoms with Gasteiger partial charge >= 0.3 is 0 Å². The molecule has 1 aliphatic rings. The van der Waals surface area contributed by atoms with Gasteiger partial charge < -0.3 is 11.1 Å². The summed E-state index contributed by atoms with van der Waals surface area (Å²) in [7, 11) is 0. The van der Waals surface area contributed by atoms with Gasteiger partial charge in [0.25, 0.3) is 0 Å². The minimum absolute atomic E-state index is 0.0313. The van der Waals surface area contributed by atoms with Crippen LogP contribution in [-0.4, -0.2) is 18.5 Å². The first-order valence-electron chi connectivity index (χ1n) is 4.40. The van der Waals surface area contributed by atoms with E-state index in [1.54, 1.807) is 0 Å². The Bertz CT molecular complexity index is 189. The van der Waals surface area contributed by atoms with Crippen molar-refractivity contribution in [2.75, 3.05) is 6.54 Å². The number of nitrogens with two attached hydrogens (primary N) is 1. The van der Waals surface area contributed by atoms with E-state index in [1.165, 1.54) is 0 Å². The molecule has 3 heteroatoms. The minimum atomic E-state index is 0.0313. The highest BCUT2D eigenvalue weighted by molar-refractivity contribution is 5.80. The molecule has 1 heterocycles. The number of amides is 1. The molecule has 1 rings (SSSR count). The van der Waals surface area contributed by atoms with Gasteiger partial charge in [-0.05, 0) is 19.8 Å². The predicted molar refractivity (Wildman–Crippen MR) is 48.5 cm³/mol. The molecule has 3 N–H and O–H groups in total. The third kappa shape index (κ3) is 2.34. The van der Waals surface area contributed by atoms with Gasteiger partial charge in [-0.1, -0.05) is 12.2 Å². The van der Waals surface area contributed by atoms with Crippen LogP contribution in [0.2, 0.25) is 0 Å². The summed E-state index contributed by atoms with van der Waals surface area (Å²) in [6.45, 7) is 2.75. The first-order valence-corrected chi connectivity index (χ1v) is 4.40. The maximum absolute atomic E-state index is 11.1. The Balaban J connectivity index is 2.34. The summed E-state index contributed by atoms with van der Waals surface area (Å²) in [5.41, 5.74) is 5.76. The fourth-order valence-electron chi connectivity index (χ4n) is 1.52. The van der Waals surface area contributed by atoms with Gasteiger partial charge in [-0.2, -0.15) is 0 Å². The van der Waals surface area contributed by atoms with E-state index in [0.29, 0.717) is 0 Å². The first-order chi connectivity index (χ1) is 5.74. The largest absolute Gasteiger partial charge is 0.356 e. The lowest BCUT2D eigenvalue weighted by atomic mass is 9.99. The summed E-state index contributed by atoms with van der Waals surface area (Å²) in [5, 5.41) is 2.80. The van der Waals surface area contributed by atoms with E-state index in [2.05, 4.69) is 5.32 Å². The summed E-state index contributed by atoms with van der Waals surface area (Å²) in [6, 6.07) is 0.0313. The lowest BCUT2D eigenvalue weighted by Crippen LogP contribution is -2.26. The van der Waals surface area contributed by atoms with Gasteiger partial charge in [0.05, 0.1) is 0 Å². The van der Waals surface area contributed by atoms with Crippen LogP contribution in [0.25, 0.3) is 0 Å². The van der Waals surface area contributed by atoms with E-state index in [0.717, 1.165) is 19.4 Å². The van der Waals surface area contributed by atoms with E-state index >= 15 is 0 Å². The highest BCUT2D eigenvalue weighted by atomic mass is 16.2. The molecule has 1 amide bonds. The van der Waals surface area contributed by atoms with Gasteiger partial charge in [0, 0.05) is 18.5 Å². The number of carbonyl (C=O) groups is 1. The van der Waals surface area contributed by atoms with Crippen molar-refractivity contribution in [2.24, 2.45) is 11.7 Å². The van der Waals surface area contributed by atoms with Crippen molar-refractivity contribution < 1.29 is 4.79 Å². The molecular weight excluding hydrogens is 152 g/mol. The van der Waals surface area contributed by atoms with Crippen molar-refractivity contribution in [1.29, 1.82) is 0 Å². The Labute approximate surface area is 73.0 Å². The number of allylic oxidation sites excluding steroid dienone is 1. The second-order valence-corrected chi connectivity index (χ2v) is 3.20. The van der Waals surface area contributed by atoms with Gasteiger partial charge in [-0.3, -0.25) is 4.79 Å². The zero-order valence-corrected chi connectivity index (χ0v) is 7.42. The van der Waals surface area contributed by atoms with Gasteiger partial charge in [0.15, 0.2) is 0 Å². The van der Waals surface area contributed by atoms with Gasteiger partial charge in [-0.25, -0.2) is 0 Å². The molecule has 1 fully saturated rings. The maximum atomic E-state index is 11.1. The lowest BCUT2D eigenvalue weighted by Gasteiger charge is -2.09. The molecule has 0 bridgehead atoms. The standard InChI is InChI=1S/C9H16N2O/c1-2-3-8(10)6-7-4-5-11-9(7)12/h2-3,7-8H,4-6,10H2,1H3,(H,11,12)/b3-2+/t7-,8?/m0/s1. The van der Waals surface area contributed by atoms with Crippen molar-refractivity contribution in [3.63, 3.8) is 0 Å². The number of carbonyl (C=O) groups excluding carboxylic acids is 1. The normalized spacial score (nSPS) is 26.2. The monoisotopic (exact) mass is 168 g/mol. The Morgan fingerprint density at radius 3 is 3.08 bits per heavy atom. The van der Waals surface area contributed by atoms with E-state index in [9.17, 15) is 4.79 Å². The summed E-state index contributed by atoms with van der Waals surface area (Å²) >= 11 is 0. The van der Waals surface area contributed by atoms with Gasteiger partial charge in [0.1, 0.15) is 0 Å². The molecule has 1 aliphatic heterocycles. The van der Waals surface area contributed by atoms with Crippen LogP contribution in [0, 0.1) is 5.92 Å². The molecule has 1 saturated heterocycles. The maximum Gasteiger partial charge on any atom is 0.223 e. The molecule has 68 valence electrons. The molecule has 0 aromatic heterocycles. The molecule has 0 spiro atoms. The summed E-state index contributed by atoms with van der Waals surface area (Å²) in [4.78, 5) is 11.1. The second kappa shape index (κ2) is 4.26. The minimum Gasteiger partial charge on any atom is -0.356 e. The third-order valence-corrected chi connectivity index (χ3v) is 2.16. The number of hydrogen-bond donors (Lipinski definition) is 2. The van der Waals surface area contributed by atoms with Crippen LogP contribution in [0.1, 0.15) is 19.8 Å². The fraction of sp³-hybridized carbons (Fsp3) is 0.667. The van der Waals surface area contributed by atoms with Crippen molar-refractivity contribution in [1.82, 2.24) is 5.32 Å². The van der Waals surface area contributed by atoms with Crippen molar-refractivity contribution >= 4 is 5.91 Å². The van der Waals surface area contributed by atoms with Crippen molar-refractivity contribution in [2.45, 2.75) is 25.8 Å². The SMILES string of the molecule is C/C=C/C(N)C[C@@H]1CCNC1=O. The average molecular weight is 168 g/mol. The first kappa shape index (κ1) is 9.26. The van der Waals surface area contributed by atoms with E-state index in [1.807, 2.05) is 19.1 Å². The quantitative estimate of drug-likeness (QED) is 0.600. The smallest absolute Gasteiger partial charge is 0.223 e. The molecule has 0 radical (unpaired) electrons. The van der Waals surface area contributed by atoms with Crippen molar-refractivity contribution in [3.8, 4) is 0 Å². The van der Waals surface area contributed by atoms with Crippen LogP contribution < -0.4 is 11.1 Å². The Morgan fingerprint density at radius 1 is 1.83 bits per heavy atom. The number of hydrogen-bond acceptors (Lipinski definition) is 2. The average Bonchev–Trinajstić information content (AvgIpc) is 2.37. The third-order valence-electron chi connectivity index (χ3n) is 2.16. The summed E-state index contributed by atoms with van der Waals surface area (Å²) < 4.78 is 0. The molecule has 0 aliphatic carbocycles. The van der Waals surface area contributed by atoms with Crippen molar-refractivity contribution in [3.05, 3.63) is 12.2 Å². The molecule has 1 unspecified atom stereocenters. The molecule has 12 heavy (non-hydrogen) atoms. The highest BCUT2D eigenvalue weighted by Gasteiger charge is 2.24. The zero-order valence-electron chi connectivity index (χ0n) is 7.42. The lowest BCUT2D eigenvalue weighted by molar-refractivity contribution is -0.122. The molecule has 3 nitrogen and oxygen atoms in total. The van der Waals surface area contributed by atoms with Gasteiger partial charge in [0.2, 0.25) is 5.91 Å². The predicted octanol–water partition coefficient (Wildman–Crippen LogP) is 0.416. The van der Waals surface area contributed by atoms with Crippen LogP contribution in [0.15, 0.2) is 12.2 Å². The zero-order chi connectivity index (χ0) is 8.97. The molecule has 0 saturated carbocycles. The highest BCUT2D eigenvalue weighted by Crippen LogP contribution is 2.15. The van der Waals surface area contributed by atoms with Gasteiger partial charge in [-0.15, -0.1) is 0 Å². The Morgan fingerprint density at radius 2 is 2.58 bits per heavy atom. The van der Waals surface area contributed by atoms with Crippen LogP contribution >= 0.6 is 0 Å². The van der Waals surface area contributed by atoms with Crippen LogP contribution in [0.4, 0.5) is 0 Å². The number of nitrogens with one attached hydrogen (secondary N) is 1. The molecule has 2 atom stereocenters. The fourth-order valence-corrected chi connectivity index (χ4v) is 1.52. The topological polar surface area (TPSA) is 55.1 Å².